The molecule has 0 bridgehead atoms. The summed E-state index contributed by atoms with van der Waals surface area (Å²) >= 11 is 0. The molecule has 13 N–H and O–H groups in total. The van der Waals surface area contributed by atoms with Crippen LogP contribution in [0.4, 0.5) is 47.9 Å². The molecule has 0 aliphatic carbocycles. The van der Waals surface area contributed by atoms with Gasteiger partial charge in [0, 0.05) is 96.8 Å². The van der Waals surface area contributed by atoms with E-state index in [1.54, 1.807) is 20.8 Å². The second-order valence-corrected chi connectivity index (χ2v) is 24.2. The second kappa shape index (κ2) is 81.6. The van der Waals surface area contributed by atoms with Crippen molar-refractivity contribution in [1.82, 2.24) is 58.5 Å². The Labute approximate surface area is 695 Å². The Morgan fingerprint density at radius 3 is 0.525 bits per heavy atom. The summed E-state index contributed by atoms with van der Waals surface area (Å²) in [4.78, 5) is 166. The lowest BCUT2D eigenvalue weighted by Crippen LogP contribution is -2.31. The molecule has 0 rings (SSSR count). The number of Topliss-reactive ketones (excluding diaryl/α,β-unsaturated/α-hetero) is 1. The van der Waals surface area contributed by atoms with E-state index in [0.29, 0.717) is 13.2 Å². The molecule has 0 heterocycles. The fourth-order valence-electron chi connectivity index (χ4n) is 7.73. The molecule has 0 saturated carbocycles. The van der Waals surface area contributed by atoms with Crippen molar-refractivity contribution in [2.75, 3.05) is 316 Å². The zero-order valence-electron chi connectivity index (χ0n) is 68.9. The number of nitrogens with one attached hydrogen (secondary N) is 11. The standard InChI is InChI=1S/C70H126N12O38/c1-70(2,3)56(83)4-6-58(85)109-44-32-99-22-10-73-61(88)113-48-36-103-26-14-77-65(92)117-52-40-107-30-19-82-69(96)120-55-43-106-29-17-80-67(94)116-51-39-102-25-13-76-63(90)112-47-35-98-21-9-72-57(84)5-7-59(86)110-45-33-100-23-11-74-62(89)114-49-37-104-27-15-78-66(93)118-53-41-108-31-18-81-68(95)119-54-42-105-28-16-79-64(91)115-50-38-101-24-12-75-60(87)111-46-34-97-20-8-71/h4-55,71H2,1-3H3,(H,72,84)(H,73,88)(H,74,89)(H,75,87)(H,76,90)(H,77,92)(H,78,93)(H,79,91)(H,80,94)(H,81,95)(H,82,96). The van der Waals surface area contributed by atoms with Crippen LogP contribution in [0.15, 0.2) is 0 Å². The van der Waals surface area contributed by atoms with Gasteiger partial charge in [-0.1, -0.05) is 20.8 Å². The number of carbonyl (C=O) groups excluding carboxylic acids is 14. The fourth-order valence-corrected chi connectivity index (χ4v) is 7.73. The fraction of sp³-hybridized carbons (Fsp3) is 0.800. The number of nitrogens with two attached hydrogens (primary N) is 1. The van der Waals surface area contributed by atoms with Gasteiger partial charge in [0.25, 0.3) is 0 Å². The molecule has 694 valence electrons. The maximum atomic E-state index is 12.1. The van der Waals surface area contributed by atoms with Crippen molar-refractivity contribution < 1.29 is 181 Å². The van der Waals surface area contributed by atoms with E-state index in [4.69, 9.17) is 119 Å². The highest BCUT2D eigenvalue weighted by molar-refractivity contribution is 5.87. The second-order valence-electron chi connectivity index (χ2n) is 24.2. The van der Waals surface area contributed by atoms with Crippen molar-refractivity contribution >= 4 is 84.6 Å². The monoisotopic (exact) mass is 1740 g/mol. The number of alkyl carbamates (subject to hydrolysis) is 10. The minimum absolute atomic E-state index is 0.00373. The molecule has 0 aliphatic heterocycles. The number of hydrogen-bond donors (Lipinski definition) is 12. The molecular formula is C70H126N12O38. The molecule has 0 fully saturated rings. The summed E-state index contributed by atoms with van der Waals surface area (Å²) in [6, 6.07) is 0. The van der Waals surface area contributed by atoms with Crippen molar-refractivity contribution in [3.8, 4) is 0 Å². The zero-order valence-corrected chi connectivity index (χ0v) is 68.9. The number of carbonyl (C=O) groups is 14. The summed E-state index contributed by atoms with van der Waals surface area (Å²) in [5.41, 5.74) is 4.78. The van der Waals surface area contributed by atoms with Crippen LogP contribution in [0, 0.1) is 5.41 Å². The molecule has 0 unspecified atom stereocenters. The van der Waals surface area contributed by atoms with Crippen molar-refractivity contribution in [2.45, 2.75) is 46.5 Å². The van der Waals surface area contributed by atoms with E-state index in [9.17, 15) is 67.1 Å². The SMILES string of the molecule is CC(C)(C)C(=O)CCC(=O)OCCOCCNC(=O)OCCOCCNC(=O)OCCOCCNC(=O)OCCOCCNC(=O)OCCOCCNC(=O)OCCOCCNC(=O)CCC(=O)OCCOCCNC(=O)OCCOCCNC(=O)OCCOCCNC(=O)OCCOCCNC(=O)OCCOCCNC(=O)OCCOCCN. The van der Waals surface area contributed by atoms with E-state index in [2.05, 4.69) is 58.5 Å². The van der Waals surface area contributed by atoms with Gasteiger partial charge in [0.05, 0.1) is 171 Å². The van der Waals surface area contributed by atoms with Gasteiger partial charge in [0.2, 0.25) is 5.91 Å². The summed E-state index contributed by atoms with van der Waals surface area (Å²) in [5.74, 6) is -1.54. The van der Waals surface area contributed by atoms with Gasteiger partial charge in [-0.3, -0.25) is 19.2 Å². The number of rotatable bonds is 77. The first-order chi connectivity index (χ1) is 58.1. The van der Waals surface area contributed by atoms with Gasteiger partial charge < -0.3 is 178 Å². The maximum absolute atomic E-state index is 12.1. The van der Waals surface area contributed by atoms with Crippen LogP contribution in [0.1, 0.15) is 46.5 Å². The Morgan fingerprint density at radius 2 is 0.350 bits per heavy atom. The minimum Gasteiger partial charge on any atom is -0.463 e. The Morgan fingerprint density at radius 1 is 0.192 bits per heavy atom. The first kappa shape index (κ1) is 110. The summed E-state index contributed by atoms with van der Waals surface area (Å²) in [7, 11) is 0. The van der Waals surface area contributed by atoms with Gasteiger partial charge in [0.15, 0.2) is 0 Å². The van der Waals surface area contributed by atoms with Gasteiger partial charge >= 0.3 is 72.9 Å². The van der Waals surface area contributed by atoms with Gasteiger partial charge in [-0.2, -0.15) is 0 Å². The normalized spacial score (nSPS) is 10.8. The molecule has 0 atom stereocenters. The summed E-state index contributed by atoms with van der Waals surface area (Å²) in [6.07, 6.45) is -7.10. The summed E-state index contributed by atoms with van der Waals surface area (Å²) in [6.45, 7) is 9.53. The van der Waals surface area contributed by atoms with Gasteiger partial charge in [0.1, 0.15) is 85.1 Å². The average Bonchev–Trinajstić information content (AvgIpc) is 0.913. The Hall–Kier alpha value is -9.74. The van der Waals surface area contributed by atoms with E-state index in [1.807, 2.05) is 0 Å². The van der Waals surface area contributed by atoms with Crippen LogP contribution in [-0.2, 0) is 133 Å². The molecule has 120 heavy (non-hydrogen) atoms. The van der Waals surface area contributed by atoms with Crippen molar-refractivity contribution in [3.05, 3.63) is 0 Å². The van der Waals surface area contributed by atoms with Crippen LogP contribution in [0.25, 0.3) is 0 Å². The summed E-state index contributed by atoms with van der Waals surface area (Å²) in [5, 5.41) is 27.4. The predicted octanol–water partition coefficient (Wildman–Crippen LogP) is -2.22. The van der Waals surface area contributed by atoms with Crippen molar-refractivity contribution in [2.24, 2.45) is 11.1 Å². The highest BCUT2D eigenvalue weighted by Gasteiger charge is 2.22. The molecule has 0 aromatic heterocycles. The Balaban J connectivity index is 3.52. The maximum Gasteiger partial charge on any atom is 0.407 e. The molecule has 50 nitrogen and oxygen atoms in total. The predicted molar refractivity (Wildman–Crippen MR) is 410 cm³/mol. The number of hydrogen-bond acceptors (Lipinski definition) is 39. The van der Waals surface area contributed by atoms with Gasteiger partial charge in [-0.05, 0) is 0 Å². The molecule has 50 heteroatoms. The van der Waals surface area contributed by atoms with E-state index < -0.39 is 84.2 Å². The van der Waals surface area contributed by atoms with Gasteiger partial charge in [-0.15, -0.1) is 0 Å². The summed E-state index contributed by atoms with van der Waals surface area (Å²) < 4.78 is 123. The largest absolute Gasteiger partial charge is 0.463 e. The van der Waals surface area contributed by atoms with Gasteiger partial charge in [-0.25, -0.2) is 47.9 Å². The minimum atomic E-state index is -0.718. The lowest BCUT2D eigenvalue weighted by molar-refractivity contribution is -0.147. The highest BCUT2D eigenvalue weighted by atomic mass is 16.6. The molecule has 0 radical (unpaired) electrons. The molecule has 0 aliphatic rings. The molecule has 0 aromatic carbocycles. The smallest absolute Gasteiger partial charge is 0.407 e. The third-order valence-electron chi connectivity index (χ3n) is 13.5. The Bertz CT molecular complexity index is 2720. The molecule has 11 amide bonds. The molecular weight excluding hydrogens is 1620 g/mol. The van der Waals surface area contributed by atoms with E-state index in [0.717, 1.165) is 0 Å². The molecule has 0 aromatic rings. The topological polar surface area (TPSA) is 619 Å². The number of ether oxygens (including phenoxy) is 24. The zero-order chi connectivity index (χ0) is 88.1. The van der Waals surface area contributed by atoms with Crippen LogP contribution in [0.3, 0.4) is 0 Å². The van der Waals surface area contributed by atoms with Crippen molar-refractivity contribution in [3.63, 3.8) is 0 Å². The first-order valence-corrected chi connectivity index (χ1v) is 38.9. The number of amides is 11. The molecule has 0 spiro atoms. The lowest BCUT2D eigenvalue weighted by Gasteiger charge is -2.15. The van der Waals surface area contributed by atoms with Crippen LogP contribution >= 0.6 is 0 Å². The number of ketones is 1. The van der Waals surface area contributed by atoms with Crippen molar-refractivity contribution in [1.29, 1.82) is 0 Å². The van der Waals surface area contributed by atoms with Crippen LogP contribution in [0.5, 0.6) is 0 Å². The van der Waals surface area contributed by atoms with Crippen LogP contribution in [-0.4, -0.2) is 401 Å². The lowest BCUT2D eigenvalue weighted by atomic mass is 9.88. The van der Waals surface area contributed by atoms with Crippen LogP contribution in [0.2, 0.25) is 0 Å². The highest BCUT2D eigenvalue weighted by Crippen LogP contribution is 2.18. The van der Waals surface area contributed by atoms with E-state index >= 15 is 0 Å². The van der Waals surface area contributed by atoms with E-state index in [1.165, 1.54) is 0 Å². The Kier molecular flexibility index (Phi) is 75.0. The first-order valence-electron chi connectivity index (χ1n) is 38.9. The number of esters is 2. The quantitative estimate of drug-likeness (QED) is 0.0174. The third-order valence-corrected chi connectivity index (χ3v) is 13.5. The molecule has 0 saturated heterocycles. The van der Waals surface area contributed by atoms with E-state index in [-0.39, 0.29) is 335 Å². The average molecular weight is 1740 g/mol. The third kappa shape index (κ3) is 82.0. The van der Waals surface area contributed by atoms with Crippen LogP contribution < -0.4 is 64.2 Å².